The van der Waals surface area contributed by atoms with Gasteiger partial charge in [-0.15, -0.1) is 0 Å². The number of ether oxygens (including phenoxy) is 1. The van der Waals surface area contributed by atoms with E-state index in [2.05, 4.69) is 24.5 Å². The number of benzene rings is 2. The first kappa shape index (κ1) is 27.4. The van der Waals surface area contributed by atoms with E-state index >= 15 is 0 Å². The molecular formula is C27H30F6N2O2. The van der Waals surface area contributed by atoms with Gasteiger partial charge in [-0.05, 0) is 54.5 Å². The predicted octanol–water partition coefficient (Wildman–Crippen LogP) is 6.05. The molecule has 2 aliphatic rings. The Morgan fingerprint density at radius 3 is 2.24 bits per heavy atom. The maximum Gasteiger partial charge on any atom is 0.416 e. The van der Waals surface area contributed by atoms with Crippen molar-refractivity contribution < 1.29 is 35.9 Å². The van der Waals surface area contributed by atoms with E-state index in [4.69, 9.17) is 4.74 Å². The van der Waals surface area contributed by atoms with Crippen LogP contribution in [0.15, 0.2) is 48.5 Å². The van der Waals surface area contributed by atoms with Crippen LogP contribution in [0.4, 0.5) is 26.3 Å². The molecule has 202 valence electrons. The highest BCUT2D eigenvalue weighted by molar-refractivity contribution is 5.80. The van der Waals surface area contributed by atoms with Gasteiger partial charge in [-0.3, -0.25) is 4.79 Å². The van der Waals surface area contributed by atoms with Crippen LogP contribution in [0.1, 0.15) is 55.4 Å². The average Bonchev–Trinajstić information content (AvgIpc) is 3.39. The maximum atomic E-state index is 13.3. The van der Waals surface area contributed by atoms with Crippen LogP contribution >= 0.6 is 0 Å². The fraction of sp³-hybridized carbons (Fsp3) is 0.519. The van der Waals surface area contributed by atoms with Crippen LogP contribution in [-0.4, -0.2) is 24.6 Å². The molecule has 4 unspecified atom stereocenters. The molecule has 2 aliphatic heterocycles. The number of halogens is 6. The molecule has 0 radical (unpaired) electrons. The molecule has 2 aromatic rings. The first-order valence-electron chi connectivity index (χ1n) is 12.3. The second kappa shape index (κ2) is 10.3. The largest absolute Gasteiger partial charge is 0.416 e. The number of hydrogen-bond acceptors (Lipinski definition) is 3. The molecule has 2 aromatic carbocycles. The molecule has 0 spiro atoms. The topological polar surface area (TPSA) is 50.4 Å². The Labute approximate surface area is 211 Å². The van der Waals surface area contributed by atoms with Crippen molar-refractivity contribution in [2.24, 2.45) is 11.8 Å². The molecule has 1 amide bonds. The van der Waals surface area contributed by atoms with Crippen molar-refractivity contribution in [1.29, 1.82) is 0 Å². The number of amides is 1. The van der Waals surface area contributed by atoms with Gasteiger partial charge in [-0.2, -0.15) is 26.3 Å². The second-order valence-corrected chi connectivity index (χ2v) is 10.3. The molecule has 2 heterocycles. The van der Waals surface area contributed by atoms with Gasteiger partial charge in [0.05, 0.1) is 35.3 Å². The van der Waals surface area contributed by atoms with Crippen molar-refractivity contribution in [3.63, 3.8) is 0 Å². The molecule has 2 bridgehead atoms. The molecule has 0 aliphatic carbocycles. The Bertz CT molecular complexity index is 1070. The molecule has 4 atom stereocenters. The average molecular weight is 529 g/mol. The van der Waals surface area contributed by atoms with Gasteiger partial charge in [0, 0.05) is 12.6 Å². The molecule has 2 fully saturated rings. The molecule has 2 N–H and O–H groups in total. The number of hydrogen-bond donors (Lipinski definition) is 2. The number of rotatable bonds is 8. The SMILES string of the molecule is CC(C)CCNC(=O)C1CC2(c3ccccc3)NC1CC2OCc1cc(C(F)(F)F)cc(C(F)(F)F)c1. The lowest BCUT2D eigenvalue weighted by molar-refractivity contribution is -0.143. The predicted molar refractivity (Wildman–Crippen MR) is 125 cm³/mol. The summed E-state index contributed by atoms with van der Waals surface area (Å²) in [6.45, 7) is 4.28. The molecular weight excluding hydrogens is 498 g/mol. The number of carbonyl (C=O) groups is 1. The molecule has 0 aromatic heterocycles. The molecule has 10 heteroatoms. The third kappa shape index (κ3) is 5.95. The zero-order chi connectivity index (χ0) is 27.0. The van der Waals surface area contributed by atoms with E-state index in [9.17, 15) is 31.1 Å². The first-order chi connectivity index (χ1) is 17.3. The molecule has 4 rings (SSSR count). The maximum absolute atomic E-state index is 13.3. The lowest BCUT2D eigenvalue weighted by Crippen LogP contribution is -2.45. The Kier molecular flexibility index (Phi) is 7.63. The van der Waals surface area contributed by atoms with Gasteiger partial charge < -0.3 is 15.4 Å². The fourth-order valence-corrected chi connectivity index (χ4v) is 5.38. The minimum absolute atomic E-state index is 0.0675. The summed E-state index contributed by atoms with van der Waals surface area (Å²) in [6, 6.07) is 10.6. The van der Waals surface area contributed by atoms with Crippen LogP contribution in [0.5, 0.6) is 0 Å². The van der Waals surface area contributed by atoms with Gasteiger partial charge >= 0.3 is 12.4 Å². The third-order valence-electron chi connectivity index (χ3n) is 7.23. The highest BCUT2D eigenvalue weighted by Gasteiger charge is 2.59. The summed E-state index contributed by atoms with van der Waals surface area (Å²) < 4.78 is 85.7. The smallest absolute Gasteiger partial charge is 0.371 e. The standard InChI is InChI=1S/C27H30F6N2O2/c1-16(2)8-9-34-24(36)21-14-25(18-6-4-3-5-7-18)23(13-22(21)35-25)37-15-17-10-19(26(28,29)30)12-20(11-17)27(31,32)33/h3-7,10-12,16,21-23,35H,8-9,13-15H2,1-2H3,(H,34,36). The van der Waals surface area contributed by atoms with Gasteiger partial charge in [0.2, 0.25) is 5.91 Å². The van der Waals surface area contributed by atoms with Crippen molar-refractivity contribution in [3.05, 3.63) is 70.8 Å². The van der Waals surface area contributed by atoms with Crippen molar-refractivity contribution in [1.82, 2.24) is 10.6 Å². The quantitative estimate of drug-likeness (QED) is 0.411. The van der Waals surface area contributed by atoms with Crippen LogP contribution in [0.3, 0.4) is 0 Å². The minimum Gasteiger partial charge on any atom is -0.371 e. The van der Waals surface area contributed by atoms with Gasteiger partial charge in [-0.1, -0.05) is 44.2 Å². The molecule has 4 nitrogen and oxygen atoms in total. The van der Waals surface area contributed by atoms with E-state index in [0.29, 0.717) is 37.4 Å². The highest BCUT2D eigenvalue weighted by Crippen LogP contribution is 2.50. The molecule has 0 saturated carbocycles. The number of carbonyl (C=O) groups excluding carboxylic acids is 1. The number of alkyl halides is 6. The van der Waals surface area contributed by atoms with E-state index in [1.807, 2.05) is 30.3 Å². The Morgan fingerprint density at radius 2 is 1.68 bits per heavy atom. The van der Waals surface area contributed by atoms with E-state index in [-0.39, 0.29) is 29.5 Å². The monoisotopic (exact) mass is 528 g/mol. The van der Waals surface area contributed by atoms with Gasteiger partial charge in [-0.25, -0.2) is 0 Å². The highest BCUT2D eigenvalue weighted by atomic mass is 19.4. The molecule has 37 heavy (non-hydrogen) atoms. The van der Waals surface area contributed by atoms with Crippen molar-refractivity contribution in [3.8, 4) is 0 Å². The Morgan fingerprint density at radius 1 is 1.05 bits per heavy atom. The van der Waals surface area contributed by atoms with Crippen LogP contribution in [0.2, 0.25) is 0 Å². The van der Waals surface area contributed by atoms with E-state index in [0.717, 1.165) is 12.0 Å². The lowest BCUT2D eigenvalue weighted by atomic mass is 9.74. The summed E-state index contributed by atoms with van der Waals surface area (Å²) >= 11 is 0. The van der Waals surface area contributed by atoms with E-state index in [1.165, 1.54) is 0 Å². The first-order valence-corrected chi connectivity index (χ1v) is 12.3. The van der Waals surface area contributed by atoms with Crippen molar-refractivity contribution in [2.45, 2.75) is 69.8 Å². The number of fused-ring (bicyclic) bond motifs is 2. The summed E-state index contributed by atoms with van der Waals surface area (Å²) in [5.41, 5.74) is -2.87. The Balaban J connectivity index is 1.55. The minimum atomic E-state index is -4.93. The summed E-state index contributed by atoms with van der Waals surface area (Å²) in [4.78, 5) is 12.9. The van der Waals surface area contributed by atoms with Crippen molar-refractivity contribution in [2.75, 3.05) is 6.54 Å². The van der Waals surface area contributed by atoms with Crippen LogP contribution < -0.4 is 10.6 Å². The summed E-state index contributed by atoms with van der Waals surface area (Å²) in [5.74, 6) is 0.0558. The van der Waals surface area contributed by atoms with Crippen LogP contribution in [-0.2, 0) is 34.0 Å². The number of nitrogens with one attached hydrogen (secondary N) is 2. The zero-order valence-electron chi connectivity index (χ0n) is 20.5. The van der Waals surface area contributed by atoms with Gasteiger partial charge in [0.15, 0.2) is 0 Å². The fourth-order valence-electron chi connectivity index (χ4n) is 5.38. The van der Waals surface area contributed by atoms with E-state index in [1.54, 1.807) is 0 Å². The van der Waals surface area contributed by atoms with Gasteiger partial charge in [0.25, 0.3) is 0 Å². The third-order valence-corrected chi connectivity index (χ3v) is 7.23. The van der Waals surface area contributed by atoms with Gasteiger partial charge in [0.1, 0.15) is 0 Å². The van der Waals surface area contributed by atoms with Crippen molar-refractivity contribution >= 4 is 5.91 Å². The normalized spacial score (nSPS) is 25.6. The zero-order valence-corrected chi connectivity index (χ0v) is 20.5. The summed E-state index contributed by atoms with van der Waals surface area (Å²) in [6.07, 6.45) is -8.72. The summed E-state index contributed by atoms with van der Waals surface area (Å²) in [7, 11) is 0. The van der Waals surface area contributed by atoms with Crippen LogP contribution in [0, 0.1) is 11.8 Å². The molecule has 2 saturated heterocycles. The van der Waals surface area contributed by atoms with Crippen LogP contribution in [0.25, 0.3) is 0 Å². The Hall–Kier alpha value is -2.59. The lowest BCUT2D eigenvalue weighted by Gasteiger charge is -2.36. The summed E-state index contributed by atoms with van der Waals surface area (Å²) in [5, 5.41) is 6.49. The second-order valence-electron chi connectivity index (χ2n) is 10.3. The van der Waals surface area contributed by atoms with E-state index < -0.39 is 41.7 Å².